The van der Waals surface area contributed by atoms with Crippen LogP contribution in [0.4, 0.5) is 0 Å². The number of hydrogen-bond acceptors (Lipinski definition) is 4. The number of nitrogens with one attached hydrogen (secondary N) is 1. The highest BCUT2D eigenvalue weighted by atomic mass is 16.5. The van der Waals surface area contributed by atoms with E-state index in [2.05, 4.69) is 5.32 Å². The minimum absolute atomic E-state index is 0.212. The van der Waals surface area contributed by atoms with E-state index in [9.17, 15) is 5.11 Å². The fraction of sp³-hybridized carbons (Fsp3) is 0.571. The minimum Gasteiger partial charge on any atom is -0.493 e. The Morgan fingerprint density at radius 3 is 3.06 bits per heavy atom. The molecule has 4 nitrogen and oxygen atoms in total. The first-order valence-electron chi connectivity index (χ1n) is 6.52. The summed E-state index contributed by atoms with van der Waals surface area (Å²) < 4.78 is 10.9. The van der Waals surface area contributed by atoms with Crippen LogP contribution in [0.15, 0.2) is 24.3 Å². The molecule has 0 radical (unpaired) electrons. The van der Waals surface area contributed by atoms with Crippen LogP contribution < -0.4 is 10.1 Å². The Labute approximate surface area is 108 Å². The SMILES string of the molecule is CCOc1ccccc1C(O)CC1COCCN1. The predicted octanol–water partition coefficient (Wildman–Crippen LogP) is 1.50. The second kappa shape index (κ2) is 6.73. The summed E-state index contributed by atoms with van der Waals surface area (Å²) in [6, 6.07) is 7.87. The molecule has 1 aliphatic heterocycles. The number of rotatable bonds is 5. The number of hydrogen-bond donors (Lipinski definition) is 2. The molecular formula is C14H21NO3. The van der Waals surface area contributed by atoms with Gasteiger partial charge >= 0.3 is 0 Å². The number of aliphatic hydroxyl groups excluding tert-OH is 1. The molecule has 0 amide bonds. The van der Waals surface area contributed by atoms with Gasteiger partial charge in [-0.2, -0.15) is 0 Å². The van der Waals surface area contributed by atoms with Gasteiger partial charge in [0.2, 0.25) is 0 Å². The van der Waals surface area contributed by atoms with Gasteiger partial charge in [0.15, 0.2) is 0 Å². The van der Waals surface area contributed by atoms with E-state index >= 15 is 0 Å². The zero-order valence-corrected chi connectivity index (χ0v) is 10.8. The number of para-hydroxylation sites is 1. The normalized spacial score (nSPS) is 21.6. The van der Waals surface area contributed by atoms with Crippen molar-refractivity contribution in [2.45, 2.75) is 25.5 Å². The molecule has 1 fully saturated rings. The van der Waals surface area contributed by atoms with E-state index in [1.165, 1.54) is 0 Å². The zero-order valence-electron chi connectivity index (χ0n) is 10.8. The molecule has 1 heterocycles. The predicted molar refractivity (Wildman–Crippen MR) is 69.8 cm³/mol. The standard InChI is InChI=1S/C14H21NO3/c1-2-18-14-6-4-3-5-12(14)13(16)9-11-10-17-8-7-15-11/h3-6,11,13,15-16H,2,7-10H2,1H3. The number of morpholine rings is 1. The lowest BCUT2D eigenvalue weighted by Crippen LogP contribution is -2.42. The Kier molecular flexibility index (Phi) is 4.99. The smallest absolute Gasteiger partial charge is 0.125 e. The molecule has 1 saturated heterocycles. The van der Waals surface area contributed by atoms with E-state index in [4.69, 9.17) is 9.47 Å². The Morgan fingerprint density at radius 1 is 1.50 bits per heavy atom. The molecule has 0 saturated carbocycles. The summed E-state index contributed by atoms with van der Waals surface area (Å²) >= 11 is 0. The monoisotopic (exact) mass is 251 g/mol. The summed E-state index contributed by atoms with van der Waals surface area (Å²) in [6.07, 6.45) is 0.122. The van der Waals surface area contributed by atoms with E-state index in [1.54, 1.807) is 0 Å². The van der Waals surface area contributed by atoms with Crippen LogP contribution in [-0.4, -0.2) is 37.5 Å². The molecular weight excluding hydrogens is 230 g/mol. The van der Waals surface area contributed by atoms with E-state index in [-0.39, 0.29) is 6.04 Å². The van der Waals surface area contributed by atoms with Crippen molar-refractivity contribution in [1.82, 2.24) is 5.32 Å². The highest BCUT2D eigenvalue weighted by Gasteiger charge is 2.20. The van der Waals surface area contributed by atoms with Crippen LogP contribution in [0.25, 0.3) is 0 Å². The van der Waals surface area contributed by atoms with Gasteiger partial charge in [-0.3, -0.25) is 0 Å². The van der Waals surface area contributed by atoms with Gasteiger partial charge in [0.25, 0.3) is 0 Å². The van der Waals surface area contributed by atoms with Crippen LogP contribution in [0.3, 0.4) is 0 Å². The molecule has 100 valence electrons. The van der Waals surface area contributed by atoms with E-state index in [1.807, 2.05) is 31.2 Å². The number of ether oxygens (including phenoxy) is 2. The van der Waals surface area contributed by atoms with Crippen molar-refractivity contribution in [3.05, 3.63) is 29.8 Å². The maximum absolute atomic E-state index is 10.3. The molecule has 4 heteroatoms. The van der Waals surface area contributed by atoms with Gasteiger partial charge in [0, 0.05) is 18.2 Å². The molecule has 0 aliphatic carbocycles. The van der Waals surface area contributed by atoms with Gasteiger partial charge in [-0.25, -0.2) is 0 Å². The highest BCUT2D eigenvalue weighted by molar-refractivity contribution is 5.35. The second-order valence-corrected chi connectivity index (χ2v) is 4.45. The summed E-state index contributed by atoms with van der Waals surface area (Å²) in [4.78, 5) is 0. The van der Waals surface area contributed by atoms with Crippen LogP contribution in [-0.2, 0) is 4.74 Å². The average molecular weight is 251 g/mol. The van der Waals surface area contributed by atoms with Gasteiger partial charge in [-0.15, -0.1) is 0 Å². The average Bonchev–Trinajstić information content (AvgIpc) is 2.41. The first-order chi connectivity index (χ1) is 8.81. The van der Waals surface area contributed by atoms with E-state index < -0.39 is 6.10 Å². The molecule has 0 aromatic heterocycles. The molecule has 1 aromatic carbocycles. The van der Waals surface area contributed by atoms with Crippen molar-refractivity contribution in [1.29, 1.82) is 0 Å². The lowest BCUT2D eigenvalue weighted by molar-refractivity contribution is 0.0512. The van der Waals surface area contributed by atoms with Gasteiger partial charge in [-0.05, 0) is 19.4 Å². The molecule has 0 spiro atoms. The van der Waals surface area contributed by atoms with Crippen molar-refractivity contribution in [3.8, 4) is 5.75 Å². The Hall–Kier alpha value is -1.10. The number of benzene rings is 1. The molecule has 18 heavy (non-hydrogen) atoms. The van der Waals surface area contributed by atoms with Crippen LogP contribution in [0.1, 0.15) is 25.0 Å². The van der Waals surface area contributed by atoms with E-state index in [0.717, 1.165) is 24.5 Å². The van der Waals surface area contributed by atoms with E-state index in [0.29, 0.717) is 19.6 Å². The Balaban J connectivity index is 2.00. The van der Waals surface area contributed by atoms with Crippen molar-refractivity contribution in [2.24, 2.45) is 0 Å². The van der Waals surface area contributed by atoms with Crippen molar-refractivity contribution in [2.75, 3.05) is 26.4 Å². The molecule has 1 aliphatic rings. The maximum atomic E-state index is 10.3. The molecule has 1 aromatic rings. The quantitative estimate of drug-likeness (QED) is 0.832. The maximum Gasteiger partial charge on any atom is 0.125 e. The molecule has 2 N–H and O–H groups in total. The summed E-state index contributed by atoms with van der Waals surface area (Å²) in [6.45, 7) is 4.81. The zero-order chi connectivity index (χ0) is 12.8. The lowest BCUT2D eigenvalue weighted by atomic mass is 10.0. The van der Waals surface area contributed by atoms with Gasteiger partial charge in [0.1, 0.15) is 5.75 Å². The van der Waals surface area contributed by atoms with Crippen molar-refractivity contribution < 1.29 is 14.6 Å². The lowest BCUT2D eigenvalue weighted by Gasteiger charge is -2.26. The summed E-state index contributed by atoms with van der Waals surface area (Å²) in [5, 5.41) is 13.7. The largest absolute Gasteiger partial charge is 0.493 e. The molecule has 2 atom stereocenters. The van der Waals surface area contributed by atoms with Gasteiger partial charge < -0.3 is 19.9 Å². The third kappa shape index (κ3) is 3.45. The van der Waals surface area contributed by atoms with Gasteiger partial charge in [-0.1, -0.05) is 18.2 Å². The summed E-state index contributed by atoms with van der Waals surface area (Å²) in [5.41, 5.74) is 0.853. The van der Waals surface area contributed by atoms with Crippen molar-refractivity contribution >= 4 is 0 Å². The van der Waals surface area contributed by atoms with Crippen LogP contribution in [0.2, 0.25) is 0 Å². The third-order valence-electron chi connectivity index (χ3n) is 3.08. The number of aliphatic hydroxyl groups is 1. The van der Waals surface area contributed by atoms with Crippen LogP contribution >= 0.6 is 0 Å². The van der Waals surface area contributed by atoms with Crippen LogP contribution in [0, 0.1) is 0 Å². The second-order valence-electron chi connectivity index (χ2n) is 4.45. The Bertz CT molecular complexity index is 364. The first kappa shape index (κ1) is 13.3. The minimum atomic E-state index is -0.521. The summed E-state index contributed by atoms with van der Waals surface area (Å²) in [7, 11) is 0. The molecule has 2 unspecified atom stereocenters. The molecule has 0 bridgehead atoms. The topological polar surface area (TPSA) is 50.7 Å². The van der Waals surface area contributed by atoms with Crippen LogP contribution in [0.5, 0.6) is 5.75 Å². The molecule has 2 rings (SSSR count). The fourth-order valence-electron chi connectivity index (χ4n) is 2.21. The summed E-state index contributed by atoms with van der Waals surface area (Å²) in [5.74, 6) is 0.768. The van der Waals surface area contributed by atoms with Gasteiger partial charge in [0.05, 0.1) is 25.9 Å². The van der Waals surface area contributed by atoms with Crippen molar-refractivity contribution in [3.63, 3.8) is 0 Å². The first-order valence-corrected chi connectivity index (χ1v) is 6.52. The third-order valence-corrected chi connectivity index (χ3v) is 3.08. The Morgan fingerprint density at radius 2 is 2.33 bits per heavy atom. The highest BCUT2D eigenvalue weighted by Crippen LogP contribution is 2.28. The fourth-order valence-corrected chi connectivity index (χ4v) is 2.21.